The molecule has 3 aromatic rings. The van der Waals surface area contributed by atoms with Crippen LogP contribution in [0.2, 0.25) is 0 Å². The van der Waals surface area contributed by atoms with Crippen LogP contribution in [-0.4, -0.2) is 40.3 Å². The molecule has 1 amide bonds. The third-order valence-electron chi connectivity index (χ3n) is 4.54. The minimum absolute atomic E-state index is 0.0650. The normalized spacial score (nSPS) is 14.3. The highest BCUT2D eigenvalue weighted by atomic mass is 32.2. The molecule has 4 rings (SSSR count). The Morgan fingerprint density at radius 2 is 1.88 bits per heavy atom. The van der Waals surface area contributed by atoms with E-state index in [1.165, 1.54) is 0 Å². The molecule has 2 heterocycles. The van der Waals surface area contributed by atoms with E-state index >= 15 is 0 Å². The summed E-state index contributed by atoms with van der Waals surface area (Å²) in [4.78, 5) is 20.0. The van der Waals surface area contributed by atoms with E-state index in [0.717, 1.165) is 16.0 Å². The summed E-state index contributed by atoms with van der Waals surface area (Å²) >= 11 is 1.59. The van der Waals surface area contributed by atoms with Crippen LogP contribution in [-0.2, 0) is 6.42 Å². The monoisotopic (exact) mass is 365 g/mol. The molecule has 1 aromatic heterocycles. The summed E-state index contributed by atoms with van der Waals surface area (Å²) in [5, 5.41) is 4.08. The summed E-state index contributed by atoms with van der Waals surface area (Å²) in [6, 6.07) is 17.8. The summed E-state index contributed by atoms with van der Waals surface area (Å²) in [5.74, 6) is 1.49. The first-order chi connectivity index (χ1) is 12.7. The Kier molecular flexibility index (Phi) is 4.75. The lowest BCUT2D eigenvalue weighted by atomic mass is 9.98. The van der Waals surface area contributed by atoms with E-state index in [0.29, 0.717) is 31.2 Å². The third kappa shape index (κ3) is 3.37. The molecular weight excluding hydrogens is 346 g/mol. The largest absolute Gasteiger partial charge is 0.339 e. The topological polar surface area (TPSA) is 59.2 Å². The molecule has 1 aliphatic heterocycles. The highest BCUT2D eigenvalue weighted by Gasteiger charge is 2.36. The van der Waals surface area contributed by atoms with Crippen LogP contribution in [0.15, 0.2) is 64.0 Å². The zero-order valence-corrected chi connectivity index (χ0v) is 15.3. The van der Waals surface area contributed by atoms with Gasteiger partial charge in [-0.3, -0.25) is 4.79 Å². The molecule has 1 fully saturated rings. The maximum Gasteiger partial charge on any atom is 0.255 e. The van der Waals surface area contributed by atoms with Crippen molar-refractivity contribution in [3.63, 3.8) is 0 Å². The molecule has 2 aromatic carbocycles. The predicted molar refractivity (Wildman–Crippen MR) is 100 cm³/mol. The molecule has 0 aliphatic carbocycles. The number of benzene rings is 2. The molecule has 26 heavy (non-hydrogen) atoms. The van der Waals surface area contributed by atoms with Crippen LogP contribution in [0.1, 0.15) is 33.6 Å². The van der Waals surface area contributed by atoms with Gasteiger partial charge in [-0.1, -0.05) is 47.6 Å². The van der Waals surface area contributed by atoms with E-state index in [1.54, 1.807) is 11.8 Å². The van der Waals surface area contributed by atoms with Gasteiger partial charge in [0.25, 0.3) is 5.91 Å². The molecule has 132 valence electrons. The van der Waals surface area contributed by atoms with Crippen LogP contribution in [0.4, 0.5) is 0 Å². The predicted octanol–water partition coefficient (Wildman–Crippen LogP) is 3.62. The minimum Gasteiger partial charge on any atom is -0.339 e. The second-order valence-corrected chi connectivity index (χ2v) is 7.17. The van der Waals surface area contributed by atoms with Gasteiger partial charge in [-0.2, -0.15) is 4.98 Å². The summed E-state index contributed by atoms with van der Waals surface area (Å²) < 4.78 is 5.42. The number of thioether (sulfide) groups is 1. The lowest BCUT2D eigenvalue weighted by Gasteiger charge is -2.37. The molecule has 1 aliphatic rings. The summed E-state index contributed by atoms with van der Waals surface area (Å²) in [5.41, 5.74) is 1.91. The number of rotatable bonds is 5. The molecule has 0 N–H and O–H groups in total. The zero-order chi connectivity index (χ0) is 17.9. The van der Waals surface area contributed by atoms with Gasteiger partial charge in [-0.05, 0) is 24.0 Å². The third-order valence-corrected chi connectivity index (χ3v) is 5.34. The first kappa shape index (κ1) is 16.8. The van der Waals surface area contributed by atoms with Gasteiger partial charge in [0, 0.05) is 24.4 Å². The van der Waals surface area contributed by atoms with Crippen molar-refractivity contribution in [3.05, 3.63) is 77.4 Å². The molecule has 0 saturated carbocycles. The van der Waals surface area contributed by atoms with E-state index in [-0.39, 0.29) is 11.8 Å². The van der Waals surface area contributed by atoms with E-state index in [4.69, 9.17) is 4.52 Å². The Labute approximate surface area is 156 Å². The summed E-state index contributed by atoms with van der Waals surface area (Å²) in [6.07, 6.45) is 2.64. The van der Waals surface area contributed by atoms with E-state index in [2.05, 4.69) is 10.1 Å². The zero-order valence-electron chi connectivity index (χ0n) is 14.5. The van der Waals surface area contributed by atoms with Gasteiger partial charge < -0.3 is 9.42 Å². The maximum absolute atomic E-state index is 12.7. The Morgan fingerprint density at radius 1 is 1.15 bits per heavy atom. The van der Waals surface area contributed by atoms with Crippen LogP contribution < -0.4 is 0 Å². The Morgan fingerprint density at radius 3 is 2.65 bits per heavy atom. The highest BCUT2D eigenvalue weighted by Crippen LogP contribution is 2.29. The van der Waals surface area contributed by atoms with Gasteiger partial charge in [0.15, 0.2) is 5.82 Å². The first-order valence-electron chi connectivity index (χ1n) is 8.53. The second-order valence-electron chi connectivity index (χ2n) is 6.32. The summed E-state index contributed by atoms with van der Waals surface area (Å²) in [6.45, 7) is 1.24. The van der Waals surface area contributed by atoms with Gasteiger partial charge in [-0.15, -0.1) is 11.8 Å². The van der Waals surface area contributed by atoms with Crippen LogP contribution in [0, 0.1) is 0 Å². The average Bonchev–Trinajstić information content (AvgIpc) is 3.09. The number of hydrogen-bond donors (Lipinski definition) is 0. The van der Waals surface area contributed by atoms with Crippen molar-refractivity contribution in [1.82, 2.24) is 15.0 Å². The molecular formula is C20H19N3O2S. The van der Waals surface area contributed by atoms with Crippen molar-refractivity contribution in [2.24, 2.45) is 0 Å². The molecule has 0 spiro atoms. The lowest BCUT2D eigenvalue weighted by Crippen LogP contribution is -2.48. The standard InChI is InChI=1S/C20H19N3O2S/c1-26-17-10-6-5-9-16(17)20(24)23-12-15(13-23)19-21-18(22-25-19)11-14-7-3-2-4-8-14/h2-10,15H,11-13H2,1H3. The fourth-order valence-electron chi connectivity index (χ4n) is 3.08. The summed E-state index contributed by atoms with van der Waals surface area (Å²) in [7, 11) is 0. The first-order valence-corrected chi connectivity index (χ1v) is 9.76. The van der Waals surface area contributed by atoms with Crippen LogP contribution in [0.25, 0.3) is 0 Å². The SMILES string of the molecule is CSc1ccccc1C(=O)N1CC(c2nc(Cc3ccccc3)no2)C1. The van der Waals surface area contributed by atoms with Crippen LogP contribution in [0.5, 0.6) is 0 Å². The molecule has 0 atom stereocenters. The van der Waals surface area contributed by atoms with Gasteiger partial charge in [0.05, 0.1) is 11.5 Å². The molecule has 6 heteroatoms. The Balaban J connectivity index is 1.38. The number of amides is 1. The second kappa shape index (κ2) is 7.33. The molecule has 1 saturated heterocycles. The van der Waals surface area contributed by atoms with Crippen molar-refractivity contribution in [2.45, 2.75) is 17.2 Å². The van der Waals surface area contributed by atoms with Crippen molar-refractivity contribution in [1.29, 1.82) is 0 Å². The highest BCUT2D eigenvalue weighted by molar-refractivity contribution is 7.98. The fourth-order valence-corrected chi connectivity index (χ4v) is 3.67. The van der Waals surface area contributed by atoms with Crippen molar-refractivity contribution in [2.75, 3.05) is 19.3 Å². The number of carbonyl (C=O) groups excluding carboxylic acids is 1. The van der Waals surface area contributed by atoms with Gasteiger partial charge in [0.2, 0.25) is 5.89 Å². The van der Waals surface area contributed by atoms with E-state index in [1.807, 2.05) is 65.8 Å². The quantitative estimate of drug-likeness (QED) is 0.646. The van der Waals surface area contributed by atoms with Crippen molar-refractivity contribution >= 4 is 17.7 Å². The maximum atomic E-state index is 12.7. The lowest BCUT2D eigenvalue weighted by molar-refractivity contribution is 0.0565. The average molecular weight is 365 g/mol. The minimum atomic E-state index is 0.0650. The fraction of sp³-hybridized carbons (Fsp3) is 0.250. The molecule has 0 bridgehead atoms. The number of carbonyl (C=O) groups is 1. The van der Waals surface area contributed by atoms with Crippen LogP contribution in [0.3, 0.4) is 0 Å². The van der Waals surface area contributed by atoms with Crippen LogP contribution >= 0.6 is 11.8 Å². The van der Waals surface area contributed by atoms with Gasteiger partial charge in [0.1, 0.15) is 0 Å². The van der Waals surface area contributed by atoms with Crippen molar-refractivity contribution < 1.29 is 9.32 Å². The van der Waals surface area contributed by atoms with Gasteiger partial charge in [-0.25, -0.2) is 0 Å². The molecule has 0 radical (unpaired) electrons. The van der Waals surface area contributed by atoms with E-state index < -0.39 is 0 Å². The Hall–Kier alpha value is -2.60. The van der Waals surface area contributed by atoms with Gasteiger partial charge >= 0.3 is 0 Å². The number of hydrogen-bond acceptors (Lipinski definition) is 5. The molecule has 0 unspecified atom stereocenters. The number of aromatic nitrogens is 2. The number of nitrogens with zero attached hydrogens (tertiary/aromatic N) is 3. The Bertz CT molecular complexity index is 904. The smallest absolute Gasteiger partial charge is 0.255 e. The number of likely N-dealkylation sites (tertiary alicyclic amines) is 1. The molecule has 5 nitrogen and oxygen atoms in total. The van der Waals surface area contributed by atoms with E-state index in [9.17, 15) is 4.79 Å². The van der Waals surface area contributed by atoms with Crippen molar-refractivity contribution in [3.8, 4) is 0 Å².